The van der Waals surface area contributed by atoms with Gasteiger partial charge in [-0.25, -0.2) is 0 Å². The van der Waals surface area contributed by atoms with E-state index in [1.165, 1.54) is 25.7 Å². The third kappa shape index (κ3) is 3.91. The molecule has 0 atom stereocenters. The Bertz CT molecular complexity index is 236. The summed E-state index contributed by atoms with van der Waals surface area (Å²) in [4.78, 5) is 13.7. The summed E-state index contributed by atoms with van der Waals surface area (Å²) in [6, 6.07) is 2.07. The maximum atomic E-state index is 12.0. The lowest BCUT2D eigenvalue weighted by Crippen LogP contribution is -2.33. The van der Waals surface area contributed by atoms with E-state index in [9.17, 15) is 4.79 Å². The molecule has 0 aromatic carbocycles. The Morgan fingerprint density at radius 1 is 1.33 bits per heavy atom. The maximum absolute atomic E-state index is 12.0. The molecule has 3 nitrogen and oxygen atoms in total. The van der Waals surface area contributed by atoms with E-state index >= 15 is 0 Å². The first-order valence-electron chi connectivity index (χ1n) is 5.87. The van der Waals surface area contributed by atoms with Crippen molar-refractivity contribution in [2.24, 2.45) is 5.92 Å². The van der Waals surface area contributed by atoms with Gasteiger partial charge in [0.2, 0.25) is 5.91 Å². The van der Waals surface area contributed by atoms with Gasteiger partial charge in [-0.2, -0.15) is 5.26 Å². The molecule has 0 spiro atoms. The molecular weight excluding hydrogens is 188 g/mol. The van der Waals surface area contributed by atoms with Crippen LogP contribution in [0.5, 0.6) is 0 Å². The van der Waals surface area contributed by atoms with Crippen molar-refractivity contribution in [2.75, 3.05) is 13.6 Å². The molecule has 1 aliphatic carbocycles. The molecule has 0 saturated heterocycles. The van der Waals surface area contributed by atoms with E-state index < -0.39 is 0 Å². The Labute approximate surface area is 92.1 Å². The molecule has 1 fully saturated rings. The van der Waals surface area contributed by atoms with E-state index in [0.29, 0.717) is 13.0 Å². The average Bonchev–Trinajstić information content (AvgIpc) is 2.53. The zero-order valence-electron chi connectivity index (χ0n) is 9.54. The highest BCUT2D eigenvalue weighted by Gasteiger charge is 2.22. The van der Waals surface area contributed by atoms with Crippen LogP contribution >= 0.6 is 0 Å². The molecule has 84 valence electrons. The number of nitriles is 1. The van der Waals surface area contributed by atoms with Crippen molar-refractivity contribution in [3.63, 3.8) is 0 Å². The van der Waals surface area contributed by atoms with Gasteiger partial charge in [0, 0.05) is 19.5 Å². The van der Waals surface area contributed by atoms with E-state index in [1.54, 1.807) is 4.90 Å². The second-order valence-electron chi connectivity index (χ2n) is 4.36. The van der Waals surface area contributed by atoms with Crippen LogP contribution in [0.2, 0.25) is 0 Å². The van der Waals surface area contributed by atoms with Crippen LogP contribution in [0.25, 0.3) is 0 Å². The molecule has 0 radical (unpaired) electrons. The summed E-state index contributed by atoms with van der Waals surface area (Å²) in [5.41, 5.74) is 0. The Kier molecular flexibility index (Phi) is 5.17. The van der Waals surface area contributed by atoms with Crippen LogP contribution < -0.4 is 0 Å². The van der Waals surface area contributed by atoms with Gasteiger partial charge in [0.1, 0.15) is 0 Å². The number of carbonyl (C=O) groups excluding carboxylic acids is 1. The third-order valence-electron chi connectivity index (χ3n) is 3.14. The van der Waals surface area contributed by atoms with Crippen LogP contribution in [0.4, 0.5) is 0 Å². The molecule has 0 bridgehead atoms. The van der Waals surface area contributed by atoms with Crippen LogP contribution in [0.3, 0.4) is 0 Å². The summed E-state index contributed by atoms with van der Waals surface area (Å²) in [5, 5.41) is 8.46. The van der Waals surface area contributed by atoms with Crippen molar-refractivity contribution in [3.8, 4) is 6.07 Å². The van der Waals surface area contributed by atoms with Crippen LogP contribution in [0.15, 0.2) is 0 Å². The van der Waals surface area contributed by atoms with Gasteiger partial charge >= 0.3 is 0 Å². The van der Waals surface area contributed by atoms with E-state index in [4.69, 9.17) is 5.26 Å². The second kappa shape index (κ2) is 6.44. The fourth-order valence-electron chi connectivity index (χ4n) is 2.17. The SMILES string of the molecule is CN(CCC#N)C(=O)C1CCCCCC1. The standard InChI is InChI=1S/C12H20N2O/c1-14(10-6-9-13)12(15)11-7-4-2-3-5-8-11/h11H,2-8,10H2,1H3. The molecule has 1 aliphatic rings. The molecule has 1 saturated carbocycles. The number of amides is 1. The topological polar surface area (TPSA) is 44.1 Å². The van der Waals surface area contributed by atoms with Gasteiger partial charge in [-0.1, -0.05) is 25.7 Å². The molecule has 0 aromatic heterocycles. The van der Waals surface area contributed by atoms with E-state index in [0.717, 1.165) is 12.8 Å². The van der Waals surface area contributed by atoms with Crippen molar-refractivity contribution in [1.29, 1.82) is 5.26 Å². The molecule has 1 rings (SSSR count). The predicted octanol–water partition coefficient (Wildman–Crippen LogP) is 2.33. The number of nitrogens with zero attached hydrogens (tertiary/aromatic N) is 2. The summed E-state index contributed by atoms with van der Waals surface area (Å²) in [7, 11) is 1.81. The molecule has 0 heterocycles. The molecule has 1 amide bonds. The number of carbonyl (C=O) groups is 1. The van der Waals surface area contributed by atoms with E-state index in [-0.39, 0.29) is 11.8 Å². The van der Waals surface area contributed by atoms with Crippen molar-refractivity contribution >= 4 is 5.91 Å². The summed E-state index contributed by atoms with van der Waals surface area (Å²) in [6.45, 7) is 0.575. The summed E-state index contributed by atoms with van der Waals surface area (Å²) in [5.74, 6) is 0.461. The Hall–Kier alpha value is -1.04. The lowest BCUT2D eigenvalue weighted by atomic mass is 9.99. The maximum Gasteiger partial charge on any atom is 0.225 e. The monoisotopic (exact) mass is 208 g/mol. The largest absolute Gasteiger partial charge is 0.344 e. The minimum Gasteiger partial charge on any atom is -0.344 e. The van der Waals surface area contributed by atoms with Gasteiger partial charge in [0.25, 0.3) is 0 Å². The molecule has 0 N–H and O–H groups in total. The normalized spacial score (nSPS) is 17.9. The van der Waals surface area contributed by atoms with Crippen LogP contribution in [-0.2, 0) is 4.79 Å². The smallest absolute Gasteiger partial charge is 0.225 e. The third-order valence-corrected chi connectivity index (χ3v) is 3.14. The molecular formula is C12H20N2O. The van der Waals surface area contributed by atoms with Gasteiger partial charge in [-0.3, -0.25) is 4.79 Å². The van der Waals surface area contributed by atoms with Gasteiger partial charge in [-0.15, -0.1) is 0 Å². The Morgan fingerprint density at radius 3 is 2.47 bits per heavy atom. The zero-order valence-corrected chi connectivity index (χ0v) is 9.54. The highest BCUT2D eigenvalue weighted by atomic mass is 16.2. The van der Waals surface area contributed by atoms with Crippen LogP contribution in [0, 0.1) is 17.2 Å². The highest BCUT2D eigenvalue weighted by molar-refractivity contribution is 5.78. The summed E-state index contributed by atoms with van der Waals surface area (Å²) in [6.07, 6.45) is 7.42. The van der Waals surface area contributed by atoms with Gasteiger partial charge in [-0.05, 0) is 12.8 Å². The van der Waals surface area contributed by atoms with Crippen molar-refractivity contribution in [1.82, 2.24) is 4.90 Å². The fraction of sp³-hybridized carbons (Fsp3) is 0.833. The highest BCUT2D eigenvalue weighted by Crippen LogP contribution is 2.24. The molecule has 0 aliphatic heterocycles. The van der Waals surface area contributed by atoms with Crippen molar-refractivity contribution < 1.29 is 4.79 Å². The van der Waals surface area contributed by atoms with Gasteiger partial charge in [0.15, 0.2) is 0 Å². The first kappa shape index (κ1) is 12.0. The number of rotatable bonds is 3. The zero-order chi connectivity index (χ0) is 11.1. The molecule has 3 heteroatoms. The van der Waals surface area contributed by atoms with Gasteiger partial charge in [0.05, 0.1) is 12.5 Å². The first-order valence-corrected chi connectivity index (χ1v) is 5.87. The Morgan fingerprint density at radius 2 is 1.93 bits per heavy atom. The summed E-state index contributed by atoms with van der Waals surface area (Å²) >= 11 is 0. The van der Waals surface area contributed by atoms with Crippen molar-refractivity contribution in [2.45, 2.75) is 44.9 Å². The fourth-order valence-corrected chi connectivity index (χ4v) is 2.17. The van der Waals surface area contributed by atoms with Crippen LogP contribution in [-0.4, -0.2) is 24.4 Å². The Balaban J connectivity index is 2.39. The number of hydrogen-bond donors (Lipinski definition) is 0. The first-order chi connectivity index (χ1) is 7.25. The van der Waals surface area contributed by atoms with Crippen molar-refractivity contribution in [3.05, 3.63) is 0 Å². The second-order valence-corrected chi connectivity index (χ2v) is 4.36. The minimum atomic E-state index is 0.219. The molecule has 0 aromatic rings. The van der Waals surface area contributed by atoms with E-state index in [1.807, 2.05) is 7.05 Å². The lowest BCUT2D eigenvalue weighted by molar-refractivity contribution is -0.134. The molecule has 0 unspecified atom stereocenters. The predicted molar refractivity (Wildman–Crippen MR) is 59.1 cm³/mol. The van der Waals surface area contributed by atoms with E-state index in [2.05, 4.69) is 6.07 Å². The minimum absolute atomic E-state index is 0.219. The summed E-state index contributed by atoms with van der Waals surface area (Å²) < 4.78 is 0. The number of hydrogen-bond acceptors (Lipinski definition) is 2. The van der Waals surface area contributed by atoms with Crippen LogP contribution in [0.1, 0.15) is 44.9 Å². The molecule has 15 heavy (non-hydrogen) atoms. The average molecular weight is 208 g/mol. The lowest BCUT2D eigenvalue weighted by Gasteiger charge is -2.21. The quantitative estimate of drug-likeness (QED) is 0.668. The van der Waals surface area contributed by atoms with Gasteiger partial charge < -0.3 is 4.90 Å².